The van der Waals surface area contributed by atoms with Gasteiger partial charge in [-0.15, -0.1) is 0 Å². The minimum absolute atomic E-state index is 0.268. The van der Waals surface area contributed by atoms with E-state index in [9.17, 15) is 14.4 Å². The first-order chi connectivity index (χ1) is 12.6. The zero-order valence-electron chi connectivity index (χ0n) is 14.4. The molecule has 2 aromatic rings. The monoisotopic (exact) mass is 356 g/mol. The van der Waals surface area contributed by atoms with E-state index < -0.39 is 0 Å². The van der Waals surface area contributed by atoms with Gasteiger partial charge in [-0.2, -0.15) is 0 Å². The van der Waals surface area contributed by atoms with E-state index in [1.807, 2.05) is 12.1 Å². The highest BCUT2D eigenvalue weighted by molar-refractivity contribution is 6.05. The third-order valence-electron chi connectivity index (χ3n) is 4.31. The number of nitrogens with one attached hydrogen (secondary N) is 2. The Morgan fingerprint density at radius 1 is 1.19 bits per heavy atom. The van der Waals surface area contributed by atoms with Crippen LogP contribution >= 0.6 is 0 Å². The lowest BCUT2D eigenvalue weighted by Gasteiger charge is -2.34. The van der Waals surface area contributed by atoms with Crippen LogP contribution < -0.4 is 20.5 Å². The molecule has 3 rings (SSSR count). The largest absolute Gasteiger partial charge is 0.495 e. The smallest absolute Gasteiger partial charge is 0.257 e. The molecule has 2 heterocycles. The highest BCUT2D eigenvalue weighted by Gasteiger charge is 2.18. The summed E-state index contributed by atoms with van der Waals surface area (Å²) in [7, 11) is 1.54. The number of pyridine rings is 1. The van der Waals surface area contributed by atoms with Crippen molar-refractivity contribution in [2.24, 2.45) is 0 Å². The number of hydrogen-bond acceptors (Lipinski definition) is 5. The van der Waals surface area contributed by atoms with Gasteiger partial charge in [0.2, 0.25) is 12.0 Å². The molecule has 0 atom stereocenters. The van der Waals surface area contributed by atoms with Crippen molar-refractivity contribution >= 4 is 23.7 Å². The number of aromatic nitrogens is 1. The van der Waals surface area contributed by atoms with Crippen LogP contribution in [0.4, 0.5) is 11.4 Å². The molecule has 0 aliphatic carbocycles. The van der Waals surface area contributed by atoms with Crippen LogP contribution in [0.2, 0.25) is 0 Å². The molecule has 8 heteroatoms. The van der Waals surface area contributed by atoms with Crippen molar-refractivity contribution in [3.63, 3.8) is 0 Å². The first kappa shape index (κ1) is 17.5. The van der Waals surface area contributed by atoms with Crippen LogP contribution in [0, 0.1) is 0 Å². The standard InChI is InChI=1S/C18H20N4O4/c1-26-16-4-3-14(22-8-6-21(12-23)7-9-22)10-15(16)20-18(25)13-2-5-17(24)19-11-13/h2-5,10-12H,6-9H2,1H3,(H,19,24)(H,20,25). The SMILES string of the molecule is COc1ccc(N2CCN(C=O)CC2)cc1NC(=O)c1ccc(=O)[nH]c1. The molecule has 8 nitrogen and oxygen atoms in total. The van der Waals surface area contributed by atoms with Crippen LogP contribution in [0.15, 0.2) is 41.3 Å². The number of rotatable bonds is 5. The minimum atomic E-state index is -0.345. The fourth-order valence-corrected chi connectivity index (χ4v) is 2.82. The lowest BCUT2D eigenvalue weighted by Crippen LogP contribution is -2.45. The molecule has 1 aliphatic rings. The maximum Gasteiger partial charge on any atom is 0.257 e. The molecule has 1 saturated heterocycles. The van der Waals surface area contributed by atoms with Gasteiger partial charge in [-0.3, -0.25) is 14.4 Å². The molecular weight excluding hydrogens is 336 g/mol. The molecule has 0 saturated carbocycles. The summed E-state index contributed by atoms with van der Waals surface area (Å²) in [5.41, 5.74) is 1.55. The summed E-state index contributed by atoms with van der Waals surface area (Å²) in [6.45, 7) is 2.76. The Morgan fingerprint density at radius 2 is 1.96 bits per heavy atom. The van der Waals surface area contributed by atoms with Crippen molar-refractivity contribution in [1.82, 2.24) is 9.88 Å². The summed E-state index contributed by atoms with van der Waals surface area (Å²) in [6, 6.07) is 8.33. The van der Waals surface area contributed by atoms with Crippen molar-refractivity contribution in [3.8, 4) is 5.75 Å². The predicted molar refractivity (Wildman–Crippen MR) is 97.9 cm³/mol. The van der Waals surface area contributed by atoms with Crippen molar-refractivity contribution in [2.75, 3.05) is 43.5 Å². The second kappa shape index (κ2) is 7.73. The Bertz CT molecular complexity index is 836. The lowest BCUT2D eigenvalue weighted by atomic mass is 10.2. The van der Waals surface area contributed by atoms with E-state index >= 15 is 0 Å². The second-order valence-corrected chi connectivity index (χ2v) is 5.91. The number of ether oxygens (including phenoxy) is 1. The number of methoxy groups -OCH3 is 1. The Morgan fingerprint density at radius 3 is 2.58 bits per heavy atom. The number of hydrogen-bond donors (Lipinski definition) is 2. The third kappa shape index (κ3) is 3.85. The Balaban J connectivity index is 1.79. The molecule has 1 aliphatic heterocycles. The van der Waals surface area contributed by atoms with E-state index in [1.54, 1.807) is 11.0 Å². The highest BCUT2D eigenvalue weighted by Crippen LogP contribution is 2.30. The van der Waals surface area contributed by atoms with E-state index in [2.05, 4.69) is 15.2 Å². The number of aromatic amines is 1. The number of H-pyrrole nitrogens is 1. The zero-order valence-corrected chi connectivity index (χ0v) is 14.4. The topological polar surface area (TPSA) is 94.7 Å². The summed E-state index contributed by atoms with van der Waals surface area (Å²) < 4.78 is 5.33. The minimum Gasteiger partial charge on any atom is -0.495 e. The molecule has 1 fully saturated rings. The molecular formula is C18H20N4O4. The van der Waals surface area contributed by atoms with Gasteiger partial charge >= 0.3 is 0 Å². The molecule has 0 bridgehead atoms. The van der Waals surface area contributed by atoms with Crippen LogP contribution in [0.25, 0.3) is 0 Å². The van der Waals surface area contributed by atoms with Gasteiger partial charge in [0, 0.05) is 44.1 Å². The van der Waals surface area contributed by atoms with Crippen molar-refractivity contribution in [3.05, 3.63) is 52.4 Å². The van der Waals surface area contributed by atoms with E-state index in [0.29, 0.717) is 30.1 Å². The van der Waals surface area contributed by atoms with Gasteiger partial charge < -0.3 is 24.8 Å². The fourth-order valence-electron chi connectivity index (χ4n) is 2.82. The lowest BCUT2D eigenvalue weighted by molar-refractivity contribution is -0.118. The Labute approximate surface area is 150 Å². The second-order valence-electron chi connectivity index (χ2n) is 5.91. The molecule has 1 aromatic carbocycles. The average Bonchev–Trinajstić information content (AvgIpc) is 2.68. The normalized spacial score (nSPS) is 14.0. The van der Waals surface area contributed by atoms with Crippen LogP contribution in [-0.4, -0.2) is 55.5 Å². The fraction of sp³-hybridized carbons (Fsp3) is 0.278. The highest BCUT2D eigenvalue weighted by atomic mass is 16.5. The maximum atomic E-state index is 12.4. The number of carbonyl (C=O) groups is 2. The molecule has 136 valence electrons. The van der Waals surface area contributed by atoms with E-state index in [0.717, 1.165) is 25.2 Å². The number of piperazine rings is 1. The predicted octanol–water partition coefficient (Wildman–Crippen LogP) is 0.914. The van der Waals surface area contributed by atoms with Gasteiger partial charge in [0.05, 0.1) is 18.4 Å². The Kier molecular flexibility index (Phi) is 5.21. The summed E-state index contributed by atoms with van der Waals surface area (Å²) in [5, 5.41) is 2.82. The molecule has 0 radical (unpaired) electrons. The van der Waals surface area contributed by atoms with Crippen molar-refractivity contribution in [1.29, 1.82) is 0 Å². The van der Waals surface area contributed by atoms with Gasteiger partial charge in [0.1, 0.15) is 5.75 Å². The number of anilines is 2. The van der Waals surface area contributed by atoms with Crippen LogP contribution in [0.1, 0.15) is 10.4 Å². The molecule has 2 N–H and O–H groups in total. The van der Waals surface area contributed by atoms with Crippen LogP contribution in [0.3, 0.4) is 0 Å². The van der Waals surface area contributed by atoms with Crippen molar-refractivity contribution < 1.29 is 14.3 Å². The van der Waals surface area contributed by atoms with Crippen LogP contribution in [0.5, 0.6) is 5.75 Å². The summed E-state index contributed by atoms with van der Waals surface area (Å²) in [6.07, 6.45) is 2.23. The zero-order chi connectivity index (χ0) is 18.5. The molecule has 0 spiro atoms. The third-order valence-corrected chi connectivity index (χ3v) is 4.31. The number of carbonyl (C=O) groups excluding carboxylic acids is 2. The number of nitrogens with zero attached hydrogens (tertiary/aromatic N) is 2. The van der Waals surface area contributed by atoms with Gasteiger partial charge in [-0.1, -0.05) is 0 Å². The summed E-state index contributed by atoms with van der Waals surface area (Å²) in [4.78, 5) is 40.7. The Hall–Kier alpha value is -3.29. The molecule has 26 heavy (non-hydrogen) atoms. The van der Waals surface area contributed by atoms with Gasteiger partial charge in [-0.05, 0) is 24.3 Å². The van der Waals surface area contributed by atoms with E-state index in [-0.39, 0.29) is 11.5 Å². The molecule has 1 aromatic heterocycles. The maximum absolute atomic E-state index is 12.4. The van der Waals surface area contributed by atoms with Gasteiger partial charge in [-0.25, -0.2) is 0 Å². The molecule has 2 amide bonds. The van der Waals surface area contributed by atoms with E-state index in [1.165, 1.54) is 25.4 Å². The number of benzene rings is 1. The summed E-state index contributed by atoms with van der Waals surface area (Å²) >= 11 is 0. The number of amides is 2. The first-order valence-corrected chi connectivity index (χ1v) is 8.23. The van der Waals surface area contributed by atoms with E-state index in [4.69, 9.17) is 4.74 Å². The summed E-state index contributed by atoms with van der Waals surface area (Å²) in [5.74, 6) is 0.195. The van der Waals surface area contributed by atoms with Crippen LogP contribution in [-0.2, 0) is 4.79 Å². The molecule has 0 unspecified atom stereocenters. The van der Waals surface area contributed by atoms with Gasteiger partial charge in [0.25, 0.3) is 5.91 Å². The first-order valence-electron chi connectivity index (χ1n) is 8.23. The quantitative estimate of drug-likeness (QED) is 0.777. The average molecular weight is 356 g/mol. The van der Waals surface area contributed by atoms with Gasteiger partial charge in [0.15, 0.2) is 0 Å². The van der Waals surface area contributed by atoms with Crippen molar-refractivity contribution in [2.45, 2.75) is 0 Å².